The van der Waals surface area contributed by atoms with Crippen molar-refractivity contribution >= 4 is 17.0 Å². The number of halogens is 2. The predicted octanol–water partition coefficient (Wildman–Crippen LogP) is 2.23. The molecule has 0 aliphatic carbocycles. The lowest BCUT2D eigenvalue weighted by Gasteiger charge is -2.07. The van der Waals surface area contributed by atoms with E-state index < -0.39 is 11.6 Å². The summed E-state index contributed by atoms with van der Waals surface area (Å²) >= 11 is 0. The van der Waals surface area contributed by atoms with Gasteiger partial charge in [-0.1, -0.05) is 6.07 Å². The number of nitrogens with zero attached hydrogens (tertiary/aromatic N) is 6. The van der Waals surface area contributed by atoms with Crippen molar-refractivity contribution in [3.05, 3.63) is 59.6 Å². The van der Waals surface area contributed by atoms with Gasteiger partial charge in [0, 0.05) is 18.0 Å². The first kappa shape index (κ1) is 15.2. The maximum Gasteiger partial charge on any atom is 0.224 e. The molecule has 3 heterocycles. The van der Waals surface area contributed by atoms with Gasteiger partial charge in [0.05, 0.1) is 17.6 Å². The normalized spacial score (nSPS) is 11.3. The SMILES string of the molecule is Cc1nn(Cc2c(F)cccc2F)c2nc(N)nc(-n3cccn3)c12. The second kappa shape index (κ2) is 5.62. The number of rotatable bonds is 3. The highest BCUT2D eigenvalue weighted by atomic mass is 19.1. The van der Waals surface area contributed by atoms with Crippen molar-refractivity contribution < 1.29 is 8.78 Å². The van der Waals surface area contributed by atoms with Crippen LogP contribution in [0.3, 0.4) is 0 Å². The van der Waals surface area contributed by atoms with E-state index in [-0.39, 0.29) is 18.1 Å². The zero-order valence-electron chi connectivity index (χ0n) is 13.2. The van der Waals surface area contributed by atoms with Gasteiger partial charge in [-0.2, -0.15) is 20.2 Å². The summed E-state index contributed by atoms with van der Waals surface area (Å²) in [6, 6.07) is 5.47. The van der Waals surface area contributed by atoms with E-state index in [2.05, 4.69) is 20.2 Å². The summed E-state index contributed by atoms with van der Waals surface area (Å²) in [6.07, 6.45) is 3.33. The number of aromatic nitrogens is 6. The average molecular weight is 341 g/mol. The molecule has 0 aliphatic rings. The summed E-state index contributed by atoms with van der Waals surface area (Å²) in [5, 5.41) is 9.14. The van der Waals surface area contributed by atoms with Crippen LogP contribution >= 0.6 is 0 Å². The van der Waals surface area contributed by atoms with Crippen LogP contribution in [0.5, 0.6) is 0 Å². The predicted molar refractivity (Wildman–Crippen MR) is 87.1 cm³/mol. The molecule has 0 aliphatic heterocycles. The lowest BCUT2D eigenvalue weighted by molar-refractivity contribution is 0.535. The Morgan fingerprint density at radius 1 is 1.12 bits per heavy atom. The Hall–Kier alpha value is -3.36. The molecule has 0 amide bonds. The quantitative estimate of drug-likeness (QED) is 0.617. The largest absolute Gasteiger partial charge is 0.368 e. The Labute approximate surface area is 140 Å². The first-order valence-corrected chi connectivity index (χ1v) is 7.48. The van der Waals surface area contributed by atoms with Gasteiger partial charge in [0.1, 0.15) is 11.6 Å². The Bertz CT molecular complexity index is 1050. The number of benzene rings is 1. The minimum Gasteiger partial charge on any atom is -0.368 e. The van der Waals surface area contributed by atoms with Crippen molar-refractivity contribution in [1.29, 1.82) is 0 Å². The minimum absolute atomic E-state index is 0.0214. The van der Waals surface area contributed by atoms with Gasteiger partial charge in [-0.05, 0) is 25.1 Å². The molecular weight excluding hydrogens is 328 g/mol. The number of nitrogens with two attached hydrogens (primary N) is 1. The Morgan fingerprint density at radius 3 is 2.56 bits per heavy atom. The molecule has 3 aromatic heterocycles. The van der Waals surface area contributed by atoms with Crippen molar-refractivity contribution in [2.45, 2.75) is 13.5 Å². The number of anilines is 1. The molecule has 7 nitrogen and oxygen atoms in total. The van der Waals surface area contributed by atoms with Crippen molar-refractivity contribution in [3.8, 4) is 5.82 Å². The number of fused-ring (bicyclic) bond motifs is 1. The molecule has 4 aromatic rings. The van der Waals surface area contributed by atoms with Crippen molar-refractivity contribution in [3.63, 3.8) is 0 Å². The molecule has 0 unspecified atom stereocenters. The highest BCUT2D eigenvalue weighted by Crippen LogP contribution is 2.25. The molecule has 126 valence electrons. The summed E-state index contributed by atoms with van der Waals surface area (Å²) in [7, 11) is 0. The summed E-state index contributed by atoms with van der Waals surface area (Å²) in [4.78, 5) is 8.43. The molecule has 0 radical (unpaired) electrons. The zero-order chi connectivity index (χ0) is 17.6. The lowest BCUT2D eigenvalue weighted by atomic mass is 10.2. The number of nitrogen functional groups attached to an aromatic ring is 1. The van der Waals surface area contributed by atoms with E-state index >= 15 is 0 Å². The summed E-state index contributed by atoms with van der Waals surface area (Å²) in [6.45, 7) is 1.65. The first-order chi connectivity index (χ1) is 12.0. The van der Waals surface area contributed by atoms with E-state index in [1.165, 1.54) is 22.9 Å². The maximum absolute atomic E-state index is 14.0. The van der Waals surface area contributed by atoms with Crippen molar-refractivity contribution in [1.82, 2.24) is 29.5 Å². The van der Waals surface area contributed by atoms with Gasteiger partial charge in [-0.15, -0.1) is 0 Å². The third-order valence-corrected chi connectivity index (χ3v) is 3.86. The molecule has 0 spiro atoms. The standard InChI is InChI=1S/C16H13F2N7/c1-9-13-14(24-7-3-6-20-24)21-16(19)22-15(13)25(23-9)8-10-11(17)4-2-5-12(10)18/h2-7H,8H2,1H3,(H2,19,21,22). The van der Waals surface area contributed by atoms with Crippen LogP contribution in [0.25, 0.3) is 16.9 Å². The van der Waals surface area contributed by atoms with Gasteiger partial charge in [-0.3, -0.25) is 0 Å². The Kier molecular flexibility index (Phi) is 3.41. The third kappa shape index (κ3) is 2.49. The summed E-state index contributed by atoms with van der Waals surface area (Å²) in [5.74, 6) is -0.801. The lowest BCUT2D eigenvalue weighted by Crippen LogP contribution is -2.09. The molecule has 2 N–H and O–H groups in total. The molecule has 1 aromatic carbocycles. The fraction of sp³-hybridized carbons (Fsp3) is 0.125. The summed E-state index contributed by atoms with van der Waals surface area (Å²) < 4.78 is 30.9. The molecule has 0 fully saturated rings. The Morgan fingerprint density at radius 2 is 1.88 bits per heavy atom. The van der Waals surface area contributed by atoms with E-state index in [0.29, 0.717) is 22.5 Å². The van der Waals surface area contributed by atoms with Gasteiger partial charge in [0.2, 0.25) is 5.95 Å². The zero-order valence-corrected chi connectivity index (χ0v) is 13.2. The number of aryl methyl sites for hydroxylation is 1. The molecule has 9 heteroatoms. The van der Waals surface area contributed by atoms with Crippen LogP contribution < -0.4 is 5.73 Å². The van der Waals surface area contributed by atoms with Crippen molar-refractivity contribution in [2.24, 2.45) is 0 Å². The summed E-state index contributed by atoms with van der Waals surface area (Å²) in [5.41, 5.74) is 6.71. The van der Waals surface area contributed by atoms with Gasteiger partial charge in [-0.25, -0.2) is 18.1 Å². The number of hydrogen-bond donors (Lipinski definition) is 1. The molecule has 0 atom stereocenters. The maximum atomic E-state index is 14.0. The first-order valence-electron chi connectivity index (χ1n) is 7.48. The third-order valence-electron chi connectivity index (χ3n) is 3.86. The van der Waals surface area contributed by atoms with Crippen LogP contribution in [0.1, 0.15) is 11.3 Å². The van der Waals surface area contributed by atoms with Crippen LogP contribution in [-0.4, -0.2) is 29.5 Å². The average Bonchev–Trinajstić information content (AvgIpc) is 3.19. The smallest absolute Gasteiger partial charge is 0.224 e. The van der Waals surface area contributed by atoms with Gasteiger partial charge in [0.15, 0.2) is 11.5 Å². The molecule has 0 saturated carbocycles. The van der Waals surface area contributed by atoms with Gasteiger partial charge in [0.25, 0.3) is 0 Å². The van der Waals surface area contributed by atoms with E-state index in [1.54, 1.807) is 30.1 Å². The van der Waals surface area contributed by atoms with E-state index in [4.69, 9.17) is 5.73 Å². The fourth-order valence-corrected chi connectivity index (χ4v) is 2.75. The van der Waals surface area contributed by atoms with Gasteiger partial charge >= 0.3 is 0 Å². The monoisotopic (exact) mass is 341 g/mol. The van der Waals surface area contributed by atoms with Crippen LogP contribution in [0.4, 0.5) is 14.7 Å². The molecule has 25 heavy (non-hydrogen) atoms. The van der Waals surface area contributed by atoms with Crippen molar-refractivity contribution in [2.75, 3.05) is 5.73 Å². The molecular formula is C16H13F2N7. The minimum atomic E-state index is -0.643. The molecule has 4 rings (SSSR count). The fourth-order valence-electron chi connectivity index (χ4n) is 2.75. The van der Waals surface area contributed by atoms with Crippen LogP contribution in [0.15, 0.2) is 36.7 Å². The van der Waals surface area contributed by atoms with E-state index in [9.17, 15) is 8.78 Å². The van der Waals surface area contributed by atoms with Gasteiger partial charge < -0.3 is 5.73 Å². The second-order valence-electron chi connectivity index (χ2n) is 5.50. The van der Waals surface area contributed by atoms with Crippen LogP contribution in [-0.2, 0) is 6.54 Å². The molecule has 0 saturated heterocycles. The van der Waals surface area contributed by atoms with E-state index in [0.717, 1.165) is 0 Å². The molecule has 0 bridgehead atoms. The highest BCUT2D eigenvalue weighted by Gasteiger charge is 2.19. The number of hydrogen-bond acceptors (Lipinski definition) is 5. The topological polar surface area (TPSA) is 87.4 Å². The van der Waals surface area contributed by atoms with E-state index in [1.807, 2.05) is 0 Å². The van der Waals surface area contributed by atoms with Crippen LogP contribution in [0.2, 0.25) is 0 Å². The second-order valence-corrected chi connectivity index (χ2v) is 5.50. The highest BCUT2D eigenvalue weighted by molar-refractivity contribution is 5.86. The van der Waals surface area contributed by atoms with Crippen LogP contribution in [0, 0.1) is 18.6 Å². The Balaban J connectivity index is 1.92.